The number of hydrazone groups is 1. The predicted molar refractivity (Wildman–Crippen MR) is 65.3 cm³/mol. The van der Waals surface area contributed by atoms with Crippen molar-refractivity contribution in [1.82, 2.24) is 0 Å². The van der Waals surface area contributed by atoms with Crippen LogP contribution in [-0.2, 0) is 7.05 Å². The van der Waals surface area contributed by atoms with E-state index in [4.69, 9.17) is 0 Å². The second-order valence-electron chi connectivity index (χ2n) is 3.54. The maximum Gasteiger partial charge on any atom is 0.177 e. The lowest BCUT2D eigenvalue weighted by Gasteiger charge is -1.97. The van der Waals surface area contributed by atoms with E-state index in [1.165, 1.54) is 0 Å². The molecule has 0 radical (unpaired) electrons. The van der Waals surface area contributed by atoms with Crippen LogP contribution >= 0.6 is 0 Å². The normalized spacial score (nSPS) is 10.6. The van der Waals surface area contributed by atoms with Gasteiger partial charge < -0.3 is 0 Å². The molecule has 0 saturated heterocycles. The minimum Gasteiger partial charge on any atom is -0.279 e. The Morgan fingerprint density at radius 1 is 1.12 bits per heavy atom. The highest BCUT2D eigenvalue weighted by atomic mass is 15.3. The number of hydrogen-bond acceptors (Lipinski definition) is 2. The molecule has 0 spiro atoms. The molecule has 2 aromatic rings. The molecule has 3 heteroatoms. The zero-order chi connectivity index (χ0) is 11.2. The zero-order valence-electron chi connectivity index (χ0n) is 9.17. The number of benzene rings is 1. The van der Waals surface area contributed by atoms with E-state index >= 15 is 0 Å². The molecule has 3 nitrogen and oxygen atoms in total. The van der Waals surface area contributed by atoms with E-state index in [2.05, 4.69) is 10.5 Å². The van der Waals surface area contributed by atoms with Crippen LogP contribution in [0.25, 0.3) is 0 Å². The smallest absolute Gasteiger partial charge is 0.177 e. The standard InChI is InChI=1S/C13H14N3/c1-16-9-5-6-12(11-16)10-14-15-13-7-3-2-4-8-13/h2-11,15H,1H3/q+1/b14-10+. The monoisotopic (exact) mass is 212 g/mol. The third kappa shape index (κ3) is 2.92. The number of aromatic nitrogens is 1. The molecule has 0 amide bonds. The Kier molecular flexibility index (Phi) is 3.28. The summed E-state index contributed by atoms with van der Waals surface area (Å²) < 4.78 is 1.99. The topological polar surface area (TPSA) is 28.3 Å². The second-order valence-corrected chi connectivity index (χ2v) is 3.54. The summed E-state index contributed by atoms with van der Waals surface area (Å²) in [7, 11) is 1.99. The van der Waals surface area contributed by atoms with E-state index in [0.717, 1.165) is 11.3 Å². The van der Waals surface area contributed by atoms with Crippen molar-refractivity contribution >= 4 is 11.9 Å². The van der Waals surface area contributed by atoms with Gasteiger partial charge in [-0.1, -0.05) is 18.2 Å². The van der Waals surface area contributed by atoms with Crippen LogP contribution < -0.4 is 9.99 Å². The molecular formula is C13H14N3+. The van der Waals surface area contributed by atoms with Crippen LogP contribution in [0, 0.1) is 0 Å². The van der Waals surface area contributed by atoms with Gasteiger partial charge in [-0.05, 0) is 18.2 Å². The third-order valence-corrected chi connectivity index (χ3v) is 2.14. The Labute approximate surface area is 95.1 Å². The number of para-hydroxylation sites is 1. The molecule has 1 heterocycles. The SMILES string of the molecule is C[n+]1cccc(/C=N/Nc2ccccc2)c1. The Bertz CT molecular complexity index is 478. The number of nitrogens with zero attached hydrogens (tertiary/aromatic N) is 2. The summed E-state index contributed by atoms with van der Waals surface area (Å²) in [5.74, 6) is 0. The Morgan fingerprint density at radius 2 is 1.94 bits per heavy atom. The van der Waals surface area contributed by atoms with Gasteiger partial charge in [0.15, 0.2) is 12.4 Å². The van der Waals surface area contributed by atoms with E-state index in [0.29, 0.717) is 0 Å². The van der Waals surface area contributed by atoms with Gasteiger partial charge >= 0.3 is 0 Å². The largest absolute Gasteiger partial charge is 0.279 e. The van der Waals surface area contributed by atoms with Crippen molar-refractivity contribution in [3.63, 3.8) is 0 Å². The van der Waals surface area contributed by atoms with Gasteiger partial charge in [-0.3, -0.25) is 5.43 Å². The van der Waals surface area contributed by atoms with Gasteiger partial charge in [-0.2, -0.15) is 5.10 Å². The van der Waals surface area contributed by atoms with Crippen LogP contribution in [0.4, 0.5) is 5.69 Å². The first kappa shape index (κ1) is 10.4. The Morgan fingerprint density at radius 3 is 2.69 bits per heavy atom. The fourth-order valence-electron chi connectivity index (χ4n) is 1.38. The number of hydrogen-bond donors (Lipinski definition) is 1. The van der Waals surface area contributed by atoms with Crippen LogP contribution in [0.1, 0.15) is 5.56 Å². The number of aryl methyl sites for hydroxylation is 1. The molecule has 80 valence electrons. The fraction of sp³-hybridized carbons (Fsp3) is 0.0769. The van der Waals surface area contributed by atoms with Gasteiger partial charge in [-0.15, -0.1) is 0 Å². The molecule has 0 fully saturated rings. The molecule has 0 aliphatic heterocycles. The first-order valence-corrected chi connectivity index (χ1v) is 5.14. The minimum absolute atomic E-state index is 0.985. The Balaban J connectivity index is 2.00. The quantitative estimate of drug-likeness (QED) is 0.470. The number of anilines is 1. The first-order chi connectivity index (χ1) is 7.84. The average Bonchev–Trinajstić information content (AvgIpc) is 2.30. The summed E-state index contributed by atoms with van der Waals surface area (Å²) in [6.07, 6.45) is 5.80. The van der Waals surface area contributed by atoms with Gasteiger partial charge in [0.1, 0.15) is 7.05 Å². The van der Waals surface area contributed by atoms with Crippen molar-refractivity contribution < 1.29 is 4.57 Å². The molecular weight excluding hydrogens is 198 g/mol. The van der Waals surface area contributed by atoms with E-state index in [-0.39, 0.29) is 0 Å². The van der Waals surface area contributed by atoms with Crippen LogP contribution in [-0.4, -0.2) is 6.21 Å². The summed E-state index contributed by atoms with van der Waals surface area (Å²) >= 11 is 0. The molecule has 0 aliphatic rings. The molecule has 16 heavy (non-hydrogen) atoms. The van der Waals surface area contributed by atoms with E-state index in [1.807, 2.05) is 66.5 Å². The van der Waals surface area contributed by atoms with E-state index < -0.39 is 0 Å². The van der Waals surface area contributed by atoms with Crippen molar-refractivity contribution in [3.8, 4) is 0 Å². The molecule has 1 N–H and O–H groups in total. The van der Waals surface area contributed by atoms with Crippen molar-refractivity contribution in [1.29, 1.82) is 0 Å². The lowest BCUT2D eigenvalue weighted by atomic mass is 10.3. The molecule has 0 unspecified atom stereocenters. The summed E-state index contributed by atoms with van der Waals surface area (Å²) in [4.78, 5) is 0. The van der Waals surface area contributed by atoms with Crippen molar-refractivity contribution in [2.24, 2.45) is 12.1 Å². The average molecular weight is 212 g/mol. The molecule has 0 bridgehead atoms. The third-order valence-electron chi connectivity index (χ3n) is 2.14. The molecule has 0 aliphatic carbocycles. The van der Waals surface area contributed by atoms with Gasteiger partial charge in [0.2, 0.25) is 0 Å². The van der Waals surface area contributed by atoms with Crippen LogP contribution in [0.5, 0.6) is 0 Å². The zero-order valence-corrected chi connectivity index (χ0v) is 9.17. The summed E-state index contributed by atoms with van der Waals surface area (Å²) in [5, 5.41) is 4.16. The van der Waals surface area contributed by atoms with Crippen molar-refractivity contribution in [3.05, 3.63) is 60.4 Å². The summed E-state index contributed by atoms with van der Waals surface area (Å²) in [5.41, 5.74) is 5.02. The number of rotatable bonds is 3. The van der Waals surface area contributed by atoms with E-state index in [9.17, 15) is 0 Å². The summed E-state index contributed by atoms with van der Waals surface area (Å²) in [6.45, 7) is 0. The maximum absolute atomic E-state index is 4.16. The summed E-state index contributed by atoms with van der Waals surface area (Å²) in [6, 6.07) is 13.9. The maximum atomic E-state index is 4.16. The molecule has 1 aromatic heterocycles. The molecule has 0 saturated carbocycles. The lowest BCUT2D eigenvalue weighted by molar-refractivity contribution is -0.671. The van der Waals surface area contributed by atoms with Gasteiger partial charge in [0, 0.05) is 6.07 Å². The number of pyridine rings is 1. The highest BCUT2D eigenvalue weighted by Crippen LogP contribution is 2.04. The van der Waals surface area contributed by atoms with Gasteiger partial charge in [-0.25, -0.2) is 4.57 Å². The Hall–Kier alpha value is -2.16. The van der Waals surface area contributed by atoms with Crippen molar-refractivity contribution in [2.45, 2.75) is 0 Å². The van der Waals surface area contributed by atoms with Crippen LogP contribution in [0.2, 0.25) is 0 Å². The molecule has 0 atom stereocenters. The van der Waals surface area contributed by atoms with Crippen LogP contribution in [0.15, 0.2) is 60.0 Å². The van der Waals surface area contributed by atoms with Crippen molar-refractivity contribution in [2.75, 3.05) is 5.43 Å². The predicted octanol–water partition coefficient (Wildman–Crippen LogP) is 1.96. The van der Waals surface area contributed by atoms with Crippen LogP contribution in [0.3, 0.4) is 0 Å². The second kappa shape index (κ2) is 5.07. The highest BCUT2D eigenvalue weighted by Gasteiger charge is 1.93. The molecule has 1 aromatic carbocycles. The van der Waals surface area contributed by atoms with Gasteiger partial charge in [0.25, 0.3) is 0 Å². The fourth-order valence-corrected chi connectivity index (χ4v) is 1.38. The lowest BCUT2D eigenvalue weighted by Crippen LogP contribution is -2.26. The molecule has 2 rings (SSSR count). The number of nitrogens with one attached hydrogen (secondary N) is 1. The van der Waals surface area contributed by atoms with E-state index in [1.54, 1.807) is 6.21 Å². The first-order valence-electron chi connectivity index (χ1n) is 5.14. The highest BCUT2D eigenvalue weighted by molar-refractivity contribution is 5.79. The minimum atomic E-state index is 0.985. The van der Waals surface area contributed by atoms with Gasteiger partial charge in [0.05, 0.1) is 17.5 Å².